The standard InChI is InChI=1S/C18H28N2O2/c1-13(19)18(9-10-18)15-5-4-6-16(21-3)17(15)22-14-7-11-20(2)12-8-14/h4-6,13-14H,7-12,19H2,1-3H3. The van der Waals surface area contributed by atoms with Gasteiger partial charge in [0.15, 0.2) is 11.5 Å². The molecule has 0 aromatic heterocycles. The lowest BCUT2D eigenvalue weighted by Gasteiger charge is -2.32. The smallest absolute Gasteiger partial charge is 0.165 e. The molecule has 4 nitrogen and oxygen atoms in total. The van der Waals surface area contributed by atoms with Gasteiger partial charge in [0, 0.05) is 30.1 Å². The van der Waals surface area contributed by atoms with Gasteiger partial charge in [0.1, 0.15) is 6.10 Å². The molecule has 0 bridgehead atoms. The summed E-state index contributed by atoms with van der Waals surface area (Å²) in [6, 6.07) is 6.35. The van der Waals surface area contributed by atoms with Crippen LogP contribution in [0.4, 0.5) is 0 Å². The molecule has 1 aliphatic heterocycles. The minimum atomic E-state index is 0.0787. The molecule has 2 N–H and O–H groups in total. The quantitative estimate of drug-likeness (QED) is 0.908. The second-order valence-corrected chi connectivity index (χ2v) is 6.90. The molecule has 4 heteroatoms. The highest BCUT2D eigenvalue weighted by Gasteiger charge is 2.49. The Kier molecular flexibility index (Phi) is 4.33. The van der Waals surface area contributed by atoms with E-state index in [0.717, 1.165) is 50.3 Å². The third kappa shape index (κ3) is 2.82. The van der Waals surface area contributed by atoms with Crippen molar-refractivity contribution in [2.75, 3.05) is 27.2 Å². The topological polar surface area (TPSA) is 47.7 Å². The molecule has 22 heavy (non-hydrogen) atoms. The van der Waals surface area contributed by atoms with E-state index in [2.05, 4.69) is 31.0 Å². The Bertz CT molecular complexity index is 518. The molecule has 122 valence electrons. The molecule has 1 saturated heterocycles. The van der Waals surface area contributed by atoms with Gasteiger partial charge in [0.2, 0.25) is 0 Å². The lowest BCUT2D eigenvalue weighted by atomic mass is 9.88. The molecule has 2 aliphatic rings. The molecule has 1 aliphatic carbocycles. The first-order valence-electron chi connectivity index (χ1n) is 8.35. The number of methoxy groups -OCH3 is 1. The van der Waals surface area contributed by atoms with Gasteiger partial charge in [0.05, 0.1) is 7.11 Å². The molecule has 1 aromatic rings. The predicted molar refractivity (Wildman–Crippen MR) is 88.7 cm³/mol. The van der Waals surface area contributed by atoms with Gasteiger partial charge < -0.3 is 20.1 Å². The van der Waals surface area contributed by atoms with Gasteiger partial charge in [-0.05, 0) is 45.7 Å². The molecule has 1 heterocycles. The van der Waals surface area contributed by atoms with Gasteiger partial charge in [-0.2, -0.15) is 0 Å². The maximum atomic E-state index is 6.43. The number of piperidine rings is 1. The average Bonchev–Trinajstić information content (AvgIpc) is 3.31. The number of hydrogen-bond acceptors (Lipinski definition) is 4. The number of nitrogens with two attached hydrogens (primary N) is 1. The normalized spacial score (nSPS) is 23.1. The molecule has 3 rings (SSSR count). The second kappa shape index (κ2) is 6.09. The number of rotatable bonds is 5. The summed E-state index contributed by atoms with van der Waals surface area (Å²) < 4.78 is 12.0. The van der Waals surface area contributed by atoms with Crippen molar-refractivity contribution in [1.29, 1.82) is 0 Å². The van der Waals surface area contributed by atoms with Gasteiger partial charge in [-0.3, -0.25) is 0 Å². The Balaban J connectivity index is 1.88. The first-order valence-corrected chi connectivity index (χ1v) is 8.35. The maximum absolute atomic E-state index is 6.43. The SMILES string of the molecule is COc1cccc(C2(C(C)N)CC2)c1OC1CCN(C)CC1. The van der Waals surface area contributed by atoms with Crippen LogP contribution in [0.15, 0.2) is 18.2 Å². The number of hydrogen-bond donors (Lipinski definition) is 1. The van der Waals surface area contributed by atoms with Gasteiger partial charge in [0.25, 0.3) is 0 Å². The lowest BCUT2D eigenvalue weighted by Crippen LogP contribution is -2.36. The van der Waals surface area contributed by atoms with Gasteiger partial charge in [-0.15, -0.1) is 0 Å². The maximum Gasteiger partial charge on any atom is 0.165 e. The van der Waals surface area contributed by atoms with E-state index in [1.165, 1.54) is 5.56 Å². The van der Waals surface area contributed by atoms with E-state index in [1.807, 2.05) is 6.07 Å². The van der Waals surface area contributed by atoms with Crippen molar-refractivity contribution in [1.82, 2.24) is 4.90 Å². The van der Waals surface area contributed by atoms with E-state index < -0.39 is 0 Å². The highest BCUT2D eigenvalue weighted by Crippen LogP contribution is 2.55. The summed E-state index contributed by atoms with van der Waals surface area (Å²) in [7, 11) is 3.88. The molecule has 0 spiro atoms. The van der Waals surface area contributed by atoms with Crippen LogP contribution >= 0.6 is 0 Å². The zero-order valence-corrected chi connectivity index (χ0v) is 14.0. The van der Waals surface area contributed by atoms with E-state index in [9.17, 15) is 0 Å². The van der Waals surface area contributed by atoms with Crippen LogP contribution in [0.3, 0.4) is 0 Å². The van der Waals surface area contributed by atoms with Crippen molar-refractivity contribution < 1.29 is 9.47 Å². The fourth-order valence-corrected chi connectivity index (χ4v) is 3.56. The molecule has 2 fully saturated rings. The third-order valence-electron chi connectivity index (χ3n) is 5.35. The van der Waals surface area contributed by atoms with E-state index in [0.29, 0.717) is 0 Å². The van der Waals surface area contributed by atoms with E-state index >= 15 is 0 Å². The third-order valence-corrected chi connectivity index (χ3v) is 5.35. The Labute approximate surface area is 133 Å². The Morgan fingerprint density at radius 1 is 1.27 bits per heavy atom. The summed E-state index contributed by atoms with van der Waals surface area (Å²) >= 11 is 0. The van der Waals surface area contributed by atoms with Crippen molar-refractivity contribution >= 4 is 0 Å². The Morgan fingerprint density at radius 2 is 1.95 bits per heavy atom. The number of ether oxygens (including phenoxy) is 2. The molecule has 1 unspecified atom stereocenters. The number of likely N-dealkylation sites (tertiary alicyclic amines) is 1. The van der Waals surface area contributed by atoms with Crippen molar-refractivity contribution in [2.24, 2.45) is 5.73 Å². The van der Waals surface area contributed by atoms with Crippen LogP contribution in [-0.2, 0) is 5.41 Å². The fourth-order valence-electron chi connectivity index (χ4n) is 3.56. The van der Waals surface area contributed by atoms with Gasteiger partial charge in [-0.25, -0.2) is 0 Å². The van der Waals surface area contributed by atoms with Crippen LogP contribution in [-0.4, -0.2) is 44.3 Å². The molecule has 0 amide bonds. The number of nitrogens with zero attached hydrogens (tertiary/aromatic N) is 1. The summed E-state index contributed by atoms with van der Waals surface area (Å²) in [5.41, 5.74) is 7.59. The molecular weight excluding hydrogens is 276 g/mol. The van der Waals surface area contributed by atoms with Crippen molar-refractivity contribution in [3.8, 4) is 11.5 Å². The zero-order valence-electron chi connectivity index (χ0n) is 14.0. The molecule has 0 radical (unpaired) electrons. The molecule has 1 saturated carbocycles. The fraction of sp³-hybridized carbons (Fsp3) is 0.667. The first-order chi connectivity index (χ1) is 10.6. The zero-order chi connectivity index (χ0) is 15.7. The summed E-state index contributed by atoms with van der Waals surface area (Å²) in [6.07, 6.45) is 4.69. The van der Waals surface area contributed by atoms with Gasteiger partial charge in [-0.1, -0.05) is 12.1 Å². The number of para-hydroxylation sites is 1. The van der Waals surface area contributed by atoms with Crippen molar-refractivity contribution in [2.45, 2.75) is 50.2 Å². The molecule has 1 atom stereocenters. The molecule has 1 aromatic carbocycles. The van der Waals surface area contributed by atoms with E-state index in [-0.39, 0.29) is 17.6 Å². The highest BCUT2D eigenvalue weighted by molar-refractivity contribution is 5.53. The Morgan fingerprint density at radius 3 is 2.50 bits per heavy atom. The summed E-state index contributed by atoms with van der Waals surface area (Å²) in [5.74, 6) is 1.76. The number of benzene rings is 1. The predicted octanol–water partition coefficient (Wildman–Crippen LogP) is 2.55. The van der Waals surface area contributed by atoms with Crippen LogP contribution in [0, 0.1) is 0 Å². The van der Waals surface area contributed by atoms with Crippen LogP contribution in [0.1, 0.15) is 38.2 Å². The summed E-state index contributed by atoms with van der Waals surface area (Å²) in [6.45, 7) is 4.28. The summed E-state index contributed by atoms with van der Waals surface area (Å²) in [5, 5.41) is 0. The van der Waals surface area contributed by atoms with Crippen LogP contribution in [0.2, 0.25) is 0 Å². The van der Waals surface area contributed by atoms with Crippen LogP contribution in [0.5, 0.6) is 11.5 Å². The molecular formula is C18H28N2O2. The monoisotopic (exact) mass is 304 g/mol. The van der Waals surface area contributed by atoms with Gasteiger partial charge >= 0.3 is 0 Å². The first kappa shape index (κ1) is 15.6. The highest BCUT2D eigenvalue weighted by atomic mass is 16.5. The minimum Gasteiger partial charge on any atom is -0.493 e. The van der Waals surface area contributed by atoms with E-state index in [1.54, 1.807) is 7.11 Å². The van der Waals surface area contributed by atoms with E-state index in [4.69, 9.17) is 15.2 Å². The Hall–Kier alpha value is -1.26. The minimum absolute atomic E-state index is 0.0787. The van der Waals surface area contributed by atoms with Crippen LogP contribution < -0.4 is 15.2 Å². The average molecular weight is 304 g/mol. The van der Waals surface area contributed by atoms with Crippen molar-refractivity contribution in [3.63, 3.8) is 0 Å². The lowest BCUT2D eigenvalue weighted by molar-refractivity contribution is 0.109. The summed E-state index contributed by atoms with van der Waals surface area (Å²) in [4.78, 5) is 2.35. The largest absolute Gasteiger partial charge is 0.493 e. The van der Waals surface area contributed by atoms with Crippen molar-refractivity contribution in [3.05, 3.63) is 23.8 Å². The second-order valence-electron chi connectivity index (χ2n) is 6.90. The van der Waals surface area contributed by atoms with Crippen LogP contribution in [0.25, 0.3) is 0 Å².